The summed E-state index contributed by atoms with van der Waals surface area (Å²) in [6.07, 6.45) is 3.79. The van der Waals surface area contributed by atoms with Gasteiger partial charge < -0.3 is 9.84 Å². The van der Waals surface area contributed by atoms with Crippen LogP contribution in [0, 0.1) is 0 Å². The van der Waals surface area contributed by atoms with Crippen molar-refractivity contribution in [1.82, 2.24) is 0 Å². The van der Waals surface area contributed by atoms with E-state index in [2.05, 4.69) is 4.99 Å². The summed E-state index contributed by atoms with van der Waals surface area (Å²) >= 11 is 0. The second-order valence-corrected chi connectivity index (χ2v) is 5.08. The predicted octanol–water partition coefficient (Wildman–Crippen LogP) is 3.52. The third kappa shape index (κ3) is 4.04. The molecule has 1 N–H and O–H groups in total. The number of aliphatic hydroxyl groups excluding tert-OH is 1. The summed E-state index contributed by atoms with van der Waals surface area (Å²) in [4.78, 5) is 27.5. The third-order valence-electron chi connectivity index (χ3n) is 3.31. The fourth-order valence-corrected chi connectivity index (χ4v) is 2.09. The highest BCUT2D eigenvalue weighted by atomic mass is 16.5. The van der Waals surface area contributed by atoms with Gasteiger partial charge in [-0.2, -0.15) is 0 Å². The SMILES string of the molecule is CCCOC(=O)c1ccc(N=CC2=C(O)CCCC2=O)cc1. The summed E-state index contributed by atoms with van der Waals surface area (Å²) < 4.78 is 5.04. The number of carbonyl (C=O) groups excluding carboxylic acids is 2. The molecule has 5 nitrogen and oxygen atoms in total. The summed E-state index contributed by atoms with van der Waals surface area (Å²) in [6, 6.07) is 6.59. The first-order valence-corrected chi connectivity index (χ1v) is 7.38. The van der Waals surface area contributed by atoms with E-state index in [0.29, 0.717) is 37.1 Å². The average Bonchev–Trinajstić information content (AvgIpc) is 2.52. The molecular weight excluding hydrogens is 282 g/mol. The minimum atomic E-state index is -0.361. The molecule has 1 aliphatic rings. The van der Waals surface area contributed by atoms with Crippen molar-refractivity contribution < 1.29 is 19.4 Å². The summed E-state index contributed by atoms with van der Waals surface area (Å²) in [5.41, 5.74) is 1.34. The first-order chi connectivity index (χ1) is 10.6. The molecule has 0 aromatic heterocycles. The zero-order chi connectivity index (χ0) is 15.9. The first kappa shape index (κ1) is 15.9. The smallest absolute Gasteiger partial charge is 0.338 e. The standard InChI is InChI=1S/C17H19NO4/c1-2-10-22-17(21)12-6-8-13(9-7-12)18-11-14-15(19)4-3-5-16(14)20/h6-9,11,19H,2-5,10H2,1H3. The molecule has 116 valence electrons. The largest absolute Gasteiger partial charge is 0.512 e. The van der Waals surface area contributed by atoms with Crippen LogP contribution in [-0.2, 0) is 9.53 Å². The molecule has 2 rings (SSSR count). The molecule has 0 fully saturated rings. The van der Waals surface area contributed by atoms with Crippen LogP contribution in [0.4, 0.5) is 5.69 Å². The number of Topliss-reactive ketones (excluding diaryl/α,β-unsaturated/α-hetero) is 1. The Hall–Kier alpha value is -2.43. The van der Waals surface area contributed by atoms with Crippen LogP contribution < -0.4 is 0 Å². The van der Waals surface area contributed by atoms with Gasteiger partial charge in [-0.25, -0.2) is 4.79 Å². The van der Waals surface area contributed by atoms with Crippen molar-refractivity contribution in [2.75, 3.05) is 6.61 Å². The number of nitrogens with zero attached hydrogens (tertiary/aromatic N) is 1. The van der Waals surface area contributed by atoms with E-state index in [9.17, 15) is 14.7 Å². The second kappa shape index (κ2) is 7.54. The Kier molecular flexibility index (Phi) is 5.47. The number of aliphatic hydroxyl groups is 1. The van der Waals surface area contributed by atoms with Gasteiger partial charge >= 0.3 is 5.97 Å². The van der Waals surface area contributed by atoms with E-state index in [1.165, 1.54) is 6.21 Å². The fraction of sp³-hybridized carbons (Fsp3) is 0.353. The summed E-state index contributed by atoms with van der Waals surface area (Å²) in [5, 5.41) is 9.72. The van der Waals surface area contributed by atoms with Crippen LogP contribution in [0.2, 0.25) is 0 Å². The van der Waals surface area contributed by atoms with Crippen molar-refractivity contribution in [3.8, 4) is 0 Å². The topological polar surface area (TPSA) is 76.0 Å². The van der Waals surface area contributed by atoms with Gasteiger partial charge in [-0.05, 0) is 37.1 Å². The van der Waals surface area contributed by atoms with E-state index < -0.39 is 0 Å². The number of carbonyl (C=O) groups is 2. The van der Waals surface area contributed by atoms with Crippen LogP contribution >= 0.6 is 0 Å². The lowest BCUT2D eigenvalue weighted by molar-refractivity contribution is -0.115. The molecule has 5 heteroatoms. The highest BCUT2D eigenvalue weighted by Crippen LogP contribution is 2.20. The van der Waals surface area contributed by atoms with Gasteiger partial charge in [0.2, 0.25) is 0 Å². The van der Waals surface area contributed by atoms with E-state index in [0.717, 1.165) is 6.42 Å². The van der Waals surface area contributed by atoms with Crippen molar-refractivity contribution in [3.63, 3.8) is 0 Å². The lowest BCUT2D eigenvalue weighted by Gasteiger charge is -2.11. The van der Waals surface area contributed by atoms with Crippen LogP contribution in [-0.4, -0.2) is 29.7 Å². The van der Waals surface area contributed by atoms with Crippen molar-refractivity contribution in [2.24, 2.45) is 4.99 Å². The molecule has 0 radical (unpaired) electrons. The monoisotopic (exact) mass is 301 g/mol. The van der Waals surface area contributed by atoms with Crippen LogP contribution in [0.3, 0.4) is 0 Å². The Balaban J connectivity index is 2.06. The summed E-state index contributed by atoms with van der Waals surface area (Å²) in [5.74, 6) is -0.354. The van der Waals surface area contributed by atoms with Crippen LogP contribution in [0.1, 0.15) is 43.0 Å². The first-order valence-electron chi connectivity index (χ1n) is 7.38. The number of rotatable bonds is 5. The maximum Gasteiger partial charge on any atom is 0.338 e. The number of esters is 1. The zero-order valence-corrected chi connectivity index (χ0v) is 12.5. The van der Waals surface area contributed by atoms with Crippen LogP contribution in [0.5, 0.6) is 0 Å². The molecule has 22 heavy (non-hydrogen) atoms. The van der Waals surface area contributed by atoms with E-state index in [4.69, 9.17) is 4.74 Å². The normalized spacial score (nSPS) is 15.4. The summed E-state index contributed by atoms with van der Waals surface area (Å²) in [6.45, 7) is 2.33. The third-order valence-corrected chi connectivity index (χ3v) is 3.31. The van der Waals surface area contributed by atoms with E-state index in [1.807, 2.05) is 6.92 Å². The van der Waals surface area contributed by atoms with Crippen LogP contribution in [0.15, 0.2) is 40.6 Å². The van der Waals surface area contributed by atoms with Gasteiger partial charge in [0.1, 0.15) is 5.76 Å². The number of benzene rings is 1. The Morgan fingerprint density at radius 1 is 1.32 bits per heavy atom. The summed E-state index contributed by atoms with van der Waals surface area (Å²) in [7, 11) is 0. The quantitative estimate of drug-likeness (QED) is 0.667. The van der Waals surface area contributed by atoms with Crippen molar-refractivity contribution >= 4 is 23.7 Å². The molecule has 1 aliphatic carbocycles. The predicted molar refractivity (Wildman–Crippen MR) is 83.7 cm³/mol. The number of aliphatic imine (C=N–C) groups is 1. The Morgan fingerprint density at radius 2 is 2.05 bits per heavy atom. The lowest BCUT2D eigenvalue weighted by atomic mass is 9.97. The highest BCUT2D eigenvalue weighted by molar-refractivity contribution is 6.14. The Morgan fingerprint density at radius 3 is 2.68 bits per heavy atom. The number of allylic oxidation sites excluding steroid dienone is 2. The number of hydrogen-bond donors (Lipinski definition) is 1. The molecule has 0 amide bonds. The molecule has 0 bridgehead atoms. The van der Waals surface area contributed by atoms with Gasteiger partial charge in [0, 0.05) is 19.1 Å². The van der Waals surface area contributed by atoms with Crippen molar-refractivity contribution in [3.05, 3.63) is 41.2 Å². The number of ketones is 1. The Bertz CT molecular complexity index is 614. The van der Waals surface area contributed by atoms with Gasteiger partial charge in [0.15, 0.2) is 5.78 Å². The molecule has 0 saturated heterocycles. The molecule has 0 aliphatic heterocycles. The molecule has 0 spiro atoms. The lowest BCUT2D eigenvalue weighted by Crippen LogP contribution is -2.12. The van der Waals surface area contributed by atoms with E-state index in [-0.39, 0.29) is 23.1 Å². The number of ether oxygens (including phenoxy) is 1. The molecule has 0 heterocycles. The molecule has 1 aromatic rings. The van der Waals surface area contributed by atoms with Gasteiger partial charge in [0.25, 0.3) is 0 Å². The van der Waals surface area contributed by atoms with E-state index >= 15 is 0 Å². The molecule has 0 atom stereocenters. The molecule has 1 aromatic carbocycles. The van der Waals surface area contributed by atoms with Gasteiger partial charge in [-0.15, -0.1) is 0 Å². The van der Waals surface area contributed by atoms with Crippen molar-refractivity contribution in [1.29, 1.82) is 0 Å². The van der Waals surface area contributed by atoms with E-state index in [1.54, 1.807) is 24.3 Å². The van der Waals surface area contributed by atoms with Gasteiger partial charge in [-0.1, -0.05) is 6.92 Å². The number of hydrogen-bond acceptors (Lipinski definition) is 5. The Labute approximate surface area is 129 Å². The second-order valence-electron chi connectivity index (χ2n) is 5.08. The highest BCUT2D eigenvalue weighted by Gasteiger charge is 2.18. The van der Waals surface area contributed by atoms with Gasteiger partial charge in [-0.3, -0.25) is 9.79 Å². The molecule has 0 saturated carbocycles. The maximum absolute atomic E-state index is 11.7. The zero-order valence-electron chi connectivity index (χ0n) is 12.5. The van der Waals surface area contributed by atoms with Crippen LogP contribution in [0.25, 0.3) is 0 Å². The average molecular weight is 301 g/mol. The minimum absolute atomic E-state index is 0.0905. The van der Waals surface area contributed by atoms with Crippen molar-refractivity contribution in [2.45, 2.75) is 32.6 Å². The molecular formula is C17H19NO4. The fourth-order valence-electron chi connectivity index (χ4n) is 2.09. The van der Waals surface area contributed by atoms with Gasteiger partial charge in [0.05, 0.1) is 23.4 Å². The minimum Gasteiger partial charge on any atom is -0.512 e. The molecule has 0 unspecified atom stereocenters. The maximum atomic E-state index is 11.7.